The van der Waals surface area contributed by atoms with Crippen molar-refractivity contribution in [3.63, 3.8) is 0 Å². The topological polar surface area (TPSA) is 44.4 Å². The summed E-state index contributed by atoms with van der Waals surface area (Å²) in [6.45, 7) is 3.38. The summed E-state index contributed by atoms with van der Waals surface area (Å²) in [6, 6.07) is 0.556. The minimum Gasteiger partial charge on any atom is -0.355 e. The van der Waals surface area contributed by atoms with Gasteiger partial charge >= 0.3 is 0 Å². The molecule has 1 heterocycles. The smallest absolute Gasteiger partial charge is 0.234 e. The van der Waals surface area contributed by atoms with E-state index in [1.807, 2.05) is 7.05 Å². The van der Waals surface area contributed by atoms with Gasteiger partial charge in [-0.2, -0.15) is 0 Å². The molecule has 4 heteroatoms. The lowest BCUT2D eigenvalue weighted by atomic mass is 9.97. The van der Waals surface area contributed by atoms with Crippen molar-refractivity contribution in [2.45, 2.75) is 44.6 Å². The fraction of sp³-hybridized carbons (Fsp3) is 0.800. The Balaban J connectivity index is 1.58. The van der Waals surface area contributed by atoms with Crippen LogP contribution in [0.25, 0.3) is 0 Å². The molecule has 0 spiro atoms. The number of rotatable bonds is 6. The molecule has 0 saturated carbocycles. The predicted molar refractivity (Wildman–Crippen MR) is 78.1 cm³/mol. The van der Waals surface area contributed by atoms with E-state index in [1.54, 1.807) is 0 Å². The van der Waals surface area contributed by atoms with Gasteiger partial charge in [-0.15, -0.1) is 0 Å². The number of allylic oxidation sites excluding steroid dienone is 1. The zero-order chi connectivity index (χ0) is 13.5. The molecule has 4 nitrogen and oxygen atoms in total. The van der Waals surface area contributed by atoms with E-state index in [-0.39, 0.29) is 5.91 Å². The Hall–Kier alpha value is -0.870. The highest BCUT2D eigenvalue weighted by molar-refractivity contribution is 5.78. The van der Waals surface area contributed by atoms with Gasteiger partial charge in [0.25, 0.3) is 0 Å². The van der Waals surface area contributed by atoms with Gasteiger partial charge in [0.1, 0.15) is 0 Å². The zero-order valence-corrected chi connectivity index (χ0v) is 12.1. The van der Waals surface area contributed by atoms with E-state index in [4.69, 9.17) is 0 Å². The fourth-order valence-corrected chi connectivity index (χ4v) is 2.97. The van der Waals surface area contributed by atoms with E-state index in [0.717, 1.165) is 32.5 Å². The van der Waals surface area contributed by atoms with Crippen LogP contribution in [-0.4, -0.2) is 50.1 Å². The van der Waals surface area contributed by atoms with Crippen molar-refractivity contribution in [1.29, 1.82) is 0 Å². The summed E-state index contributed by atoms with van der Waals surface area (Å²) in [5.74, 6) is 0.174. The van der Waals surface area contributed by atoms with E-state index < -0.39 is 0 Å². The molecule has 0 aromatic rings. The molecule has 0 bridgehead atoms. The second kappa shape index (κ2) is 7.65. The maximum atomic E-state index is 11.8. The largest absolute Gasteiger partial charge is 0.355 e. The van der Waals surface area contributed by atoms with Crippen LogP contribution in [0.2, 0.25) is 0 Å². The first-order valence-corrected chi connectivity index (χ1v) is 7.62. The summed E-state index contributed by atoms with van der Waals surface area (Å²) < 4.78 is 0. The maximum absolute atomic E-state index is 11.8. The van der Waals surface area contributed by atoms with Gasteiger partial charge in [0.05, 0.1) is 6.54 Å². The molecular weight excluding hydrogens is 238 g/mol. The average molecular weight is 265 g/mol. The molecule has 19 heavy (non-hydrogen) atoms. The first kappa shape index (κ1) is 14.5. The number of likely N-dealkylation sites (tertiary alicyclic amines) is 1. The minimum absolute atomic E-state index is 0.174. The van der Waals surface area contributed by atoms with Gasteiger partial charge in [-0.05, 0) is 45.6 Å². The molecule has 1 fully saturated rings. The number of amides is 1. The predicted octanol–water partition coefficient (Wildman–Crippen LogP) is 1.29. The molecule has 2 N–H and O–H groups in total. The number of hydrogen-bond acceptors (Lipinski definition) is 3. The molecular formula is C15H27N3O. The summed E-state index contributed by atoms with van der Waals surface area (Å²) in [5, 5.41) is 6.32. The van der Waals surface area contributed by atoms with Crippen LogP contribution in [-0.2, 0) is 4.79 Å². The van der Waals surface area contributed by atoms with Crippen molar-refractivity contribution in [2.75, 3.05) is 33.2 Å². The summed E-state index contributed by atoms with van der Waals surface area (Å²) >= 11 is 0. The molecule has 2 rings (SSSR count). The molecule has 1 saturated heterocycles. The van der Waals surface area contributed by atoms with Crippen molar-refractivity contribution in [3.05, 3.63) is 11.6 Å². The van der Waals surface area contributed by atoms with E-state index in [1.165, 1.54) is 31.3 Å². The van der Waals surface area contributed by atoms with Crippen LogP contribution in [0.3, 0.4) is 0 Å². The zero-order valence-electron chi connectivity index (χ0n) is 12.1. The van der Waals surface area contributed by atoms with Crippen LogP contribution in [0, 0.1) is 0 Å². The van der Waals surface area contributed by atoms with Crippen molar-refractivity contribution in [2.24, 2.45) is 0 Å². The number of carbonyl (C=O) groups is 1. The first-order valence-electron chi connectivity index (χ1n) is 7.62. The lowest BCUT2D eigenvalue weighted by Crippen LogP contribution is -2.38. The fourth-order valence-electron chi connectivity index (χ4n) is 2.97. The Bertz CT molecular complexity index is 327. The van der Waals surface area contributed by atoms with Gasteiger partial charge < -0.3 is 10.6 Å². The third kappa shape index (κ3) is 4.96. The maximum Gasteiger partial charge on any atom is 0.234 e. The molecule has 1 atom stereocenters. The standard InChI is InChI=1S/C15H27N3O/c1-16-14-8-10-18(11-14)12-15(19)17-9-7-13-5-3-2-4-6-13/h5,14,16H,2-4,6-12H2,1H3,(H,17,19). The third-order valence-electron chi connectivity index (χ3n) is 4.20. The Morgan fingerprint density at radius 2 is 2.37 bits per heavy atom. The van der Waals surface area contributed by atoms with Gasteiger partial charge in [0.2, 0.25) is 5.91 Å². The monoisotopic (exact) mass is 265 g/mol. The average Bonchev–Trinajstić information content (AvgIpc) is 2.87. The number of nitrogens with one attached hydrogen (secondary N) is 2. The van der Waals surface area contributed by atoms with Gasteiger partial charge in [0.15, 0.2) is 0 Å². The quantitative estimate of drug-likeness (QED) is 0.711. The Morgan fingerprint density at radius 1 is 1.47 bits per heavy atom. The van der Waals surface area contributed by atoms with Crippen molar-refractivity contribution in [3.8, 4) is 0 Å². The summed E-state index contributed by atoms with van der Waals surface area (Å²) in [4.78, 5) is 14.1. The molecule has 0 radical (unpaired) electrons. The van der Waals surface area contributed by atoms with E-state index in [9.17, 15) is 4.79 Å². The number of nitrogens with zero attached hydrogens (tertiary/aromatic N) is 1. The second-order valence-electron chi connectivity index (χ2n) is 5.72. The van der Waals surface area contributed by atoms with Crippen LogP contribution in [0.1, 0.15) is 38.5 Å². The highest BCUT2D eigenvalue weighted by Crippen LogP contribution is 2.19. The van der Waals surface area contributed by atoms with E-state index in [2.05, 4.69) is 21.6 Å². The number of likely N-dealkylation sites (N-methyl/N-ethyl adjacent to an activating group) is 1. The molecule has 0 aromatic carbocycles. The molecule has 108 valence electrons. The molecule has 1 aliphatic carbocycles. The Labute approximate surface area is 116 Å². The van der Waals surface area contributed by atoms with Crippen molar-refractivity contribution in [1.82, 2.24) is 15.5 Å². The van der Waals surface area contributed by atoms with Crippen molar-refractivity contribution < 1.29 is 4.79 Å². The van der Waals surface area contributed by atoms with Crippen LogP contribution in [0.4, 0.5) is 0 Å². The van der Waals surface area contributed by atoms with Crippen LogP contribution < -0.4 is 10.6 Å². The SMILES string of the molecule is CNC1CCN(CC(=O)NCCC2=CCCCC2)C1. The van der Waals surface area contributed by atoms with E-state index >= 15 is 0 Å². The van der Waals surface area contributed by atoms with Crippen LogP contribution in [0.15, 0.2) is 11.6 Å². The van der Waals surface area contributed by atoms with Gasteiger partial charge in [0, 0.05) is 25.7 Å². The van der Waals surface area contributed by atoms with E-state index in [0.29, 0.717) is 12.6 Å². The Morgan fingerprint density at radius 3 is 3.05 bits per heavy atom. The molecule has 0 aromatic heterocycles. The van der Waals surface area contributed by atoms with Gasteiger partial charge in [-0.25, -0.2) is 0 Å². The third-order valence-corrected chi connectivity index (χ3v) is 4.20. The summed E-state index contributed by atoms with van der Waals surface area (Å²) in [6.07, 6.45) is 9.64. The highest BCUT2D eigenvalue weighted by Gasteiger charge is 2.22. The molecule has 1 aliphatic heterocycles. The highest BCUT2D eigenvalue weighted by atomic mass is 16.2. The Kier molecular flexibility index (Phi) is 5.86. The lowest BCUT2D eigenvalue weighted by molar-refractivity contribution is -0.122. The molecule has 1 unspecified atom stereocenters. The van der Waals surface area contributed by atoms with Gasteiger partial charge in [-0.1, -0.05) is 11.6 Å². The lowest BCUT2D eigenvalue weighted by Gasteiger charge is -2.16. The first-order chi connectivity index (χ1) is 9.28. The normalized spacial score (nSPS) is 24.3. The van der Waals surface area contributed by atoms with Crippen molar-refractivity contribution >= 4 is 5.91 Å². The molecule has 1 amide bonds. The number of carbonyl (C=O) groups excluding carboxylic acids is 1. The van der Waals surface area contributed by atoms with Crippen LogP contribution in [0.5, 0.6) is 0 Å². The van der Waals surface area contributed by atoms with Gasteiger partial charge in [-0.3, -0.25) is 9.69 Å². The number of hydrogen-bond donors (Lipinski definition) is 2. The minimum atomic E-state index is 0.174. The second-order valence-corrected chi connectivity index (χ2v) is 5.72. The molecule has 2 aliphatic rings. The summed E-state index contributed by atoms with van der Waals surface area (Å²) in [5.41, 5.74) is 1.53. The van der Waals surface area contributed by atoms with Crippen LogP contribution >= 0.6 is 0 Å². The summed E-state index contributed by atoms with van der Waals surface area (Å²) in [7, 11) is 1.99.